The summed E-state index contributed by atoms with van der Waals surface area (Å²) in [5, 5.41) is 0. The number of benzene rings is 1. The number of carbonyl (C=O) groups is 1. The summed E-state index contributed by atoms with van der Waals surface area (Å²) in [6, 6.07) is 6.39. The molecular formula is C19H29BrN2O3. The number of nitrogens with zero attached hydrogens (tertiary/aromatic N) is 2. The van der Waals surface area contributed by atoms with E-state index in [0.717, 1.165) is 28.9 Å². The molecule has 1 aromatic rings. The molecule has 0 N–H and O–H groups in total. The van der Waals surface area contributed by atoms with Crippen molar-refractivity contribution in [3.05, 3.63) is 28.2 Å². The number of carbonyl (C=O) groups excluding carboxylic acids is 1. The molecule has 25 heavy (non-hydrogen) atoms. The van der Waals surface area contributed by atoms with Gasteiger partial charge in [-0.2, -0.15) is 0 Å². The van der Waals surface area contributed by atoms with Crippen LogP contribution in [0.5, 0.6) is 5.75 Å². The van der Waals surface area contributed by atoms with Crippen molar-refractivity contribution in [3.63, 3.8) is 0 Å². The standard InChI is InChI=1S/C19H29BrN2O3/c1-6-24-17-15(8-7-9-16(17)20)13-21-10-11-22(12-14(21)2)18(23)25-19(3,4)5/h7-9,14H,6,10-13H2,1-5H3/t14-/m1/s1. The summed E-state index contributed by atoms with van der Waals surface area (Å²) >= 11 is 3.57. The number of hydrogen-bond donors (Lipinski definition) is 0. The highest BCUT2D eigenvalue weighted by molar-refractivity contribution is 9.10. The van der Waals surface area contributed by atoms with Crippen molar-refractivity contribution in [1.29, 1.82) is 0 Å². The lowest BCUT2D eigenvalue weighted by atomic mass is 10.1. The van der Waals surface area contributed by atoms with Gasteiger partial charge in [-0.15, -0.1) is 0 Å². The molecule has 0 saturated carbocycles. The fraction of sp³-hybridized carbons (Fsp3) is 0.632. The summed E-state index contributed by atoms with van der Waals surface area (Å²) in [6.07, 6.45) is -0.225. The summed E-state index contributed by atoms with van der Waals surface area (Å²) < 4.78 is 12.3. The van der Waals surface area contributed by atoms with Gasteiger partial charge in [-0.1, -0.05) is 12.1 Å². The summed E-state index contributed by atoms with van der Waals surface area (Å²) in [5.41, 5.74) is 0.703. The molecule has 0 aromatic heterocycles. The van der Waals surface area contributed by atoms with Crippen molar-refractivity contribution in [2.75, 3.05) is 26.2 Å². The Balaban J connectivity index is 2.01. The van der Waals surface area contributed by atoms with Crippen molar-refractivity contribution < 1.29 is 14.3 Å². The number of amides is 1. The average molecular weight is 413 g/mol. The van der Waals surface area contributed by atoms with Crippen molar-refractivity contribution in [2.45, 2.75) is 52.8 Å². The third kappa shape index (κ3) is 5.61. The highest BCUT2D eigenvalue weighted by atomic mass is 79.9. The zero-order valence-electron chi connectivity index (χ0n) is 15.8. The van der Waals surface area contributed by atoms with Gasteiger partial charge in [0.1, 0.15) is 11.4 Å². The maximum atomic E-state index is 12.3. The molecule has 0 radical (unpaired) electrons. The second-order valence-electron chi connectivity index (χ2n) is 7.41. The Hall–Kier alpha value is -1.27. The smallest absolute Gasteiger partial charge is 0.410 e. The highest BCUT2D eigenvalue weighted by Crippen LogP contribution is 2.31. The van der Waals surface area contributed by atoms with E-state index in [9.17, 15) is 4.79 Å². The van der Waals surface area contributed by atoms with Crippen LogP contribution in [0.3, 0.4) is 0 Å². The van der Waals surface area contributed by atoms with Gasteiger partial charge in [0.05, 0.1) is 11.1 Å². The topological polar surface area (TPSA) is 42.0 Å². The number of para-hydroxylation sites is 1. The Bertz CT molecular complexity index is 601. The maximum Gasteiger partial charge on any atom is 0.410 e. The molecular weight excluding hydrogens is 384 g/mol. The molecule has 1 heterocycles. The first-order valence-electron chi connectivity index (χ1n) is 8.83. The SMILES string of the molecule is CCOc1c(Br)cccc1CN1CCN(C(=O)OC(C)(C)C)C[C@H]1C. The minimum Gasteiger partial charge on any atom is -0.492 e. The van der Waals surface area contributed by atoms with E-state index in [1.165, 1.54) is 0 Å². The van der Waals surface area contributed by atoms with Crippen LogP contribution in [0.4, 0.5) is 4.79 Å². The largest absolute Gasteiger partial charge is 0.492 e. The monoisotopic (exact) mass is 412 g/mol. The lowest BCUT2D eigenvalue weighted by Gasteiger charge is -2.40. The van der Waals surface area contributed by atoms with E-state index in [1.807, 2.05) is 39.8 Å². The normalized spacial score (nSPS) is 19.0. The summed E-state index contributed by atoms with van der Waals surface area (Å²) in [6.45, 7) is 13.4. The maximum absolute atomic E-state index is 12.3. The van der Waals surface area contributed by atoms with Crippen LogP contribution in [-0.2, 0) is 11.3 Å². The molecule has 2 rings (SSSR count). The third-order valence-electron chi connectivity index (χ3n) is 4.13. The van der Waals surface area contributed by atoms with Gasteiger partial charge in [-0.05, 0) is 56.6 Å². The predicted octanol–water partition coefficient (Wildman–Crippen LogP) is 4.29. The van der Waals surface area contributed by atoms with Crippen LogP contribution in [0.2, 0.25) is 0 Å². The molecule has 1 amide bonds. The van der Waals surface area contributed by atoms with Crippen LogP contribution >= 0.6 is 15.9 Å². The van der Waals surface area contributed by atoms with Gasteiger partial charge in [0.15, 0.2) is 0 Å². The Morgan fingerprint density at radius 3 is 2.64 bits per heavy atom. The summed E-state index contributed by atoms with van der Waals surface area (Å²) in [7, 11) is 0. The van der Waals surface area contributed by atoms with E-state index in [1.54, 1.807) is 4.90 Å². The second kappa shape index (κ2) is 8.41. The molecule has 1 aliphatic heterocycles. The first-order chi connectivity index (χ1) is 11.7. The number of halogens is 1. The Labute approximate surface area is 159 Å². The number of piperazine rings is 1. The predicted molar refractivity (Wildman–Crippen MR) is 103 cm³/mol. The van der Waals surface area contributed by atoms with E-state index >= 15 is 0 Å². The molecule has 1 fully saturated rings. The minimum atomic E-state index is -0.458. The quantitative estimate of drug-likeness (QED) is 0.739. The molecule has 0 bridgehead atoms. The van der Waals surface area contributed by atoms with Crippen LogP contribution in [0.15, 0.2) is 22.7 Å². The average Bonchev–Trinajstić information content (AvgIpc) is 2.51. The van der Waals surface area contributed by atoms with Gasteiger partial charge >= 0.3 is 6.09 Å². The second-order valence-corrected chi connectivity index (χ2v) is 8.26. The summed E-state index contributed by atoms with van der Waals surface area (Å²) in [4.78, 5) is 16.4. The molecule has 0 spiro atoms. The van der Waals surface area contributed by atoms with Gasteiger partial charge < -0.3 is 14.4 Å². The molecule has 6 heteroatoms. The van der Waals surface area contributed by atoms with Crippen LogP contribution in [0, 0.1) is 0 Å². The van der Waals surface area contributed by atoms with Crippen molar-refractivity contribution in [1.82, 2.24) is 9.80 Å². The van der Waals surface area contributed by atoms with E-state index in [4.69, 9.17) is 9.47 Å². The van der Waals surface area contributed by atoms with Crippen molar-refractivity contribution >= 4 is 22.0 Å². The van der Waals surface area contributed by atoms with Crippen LogP contribution in [-0.4, -0.2) is 53.8 Å². The van der Waals surface area contributed by atoms with Crippen molar-refractivity contribution in [3.8, 4) is 5.75 Å². The van der Waals surface area contributed by atoms with Crippen LogP contribution < -0.4 is 4.74 Å². The van der Waals surface area contributed by atoms with E-state index in [-0.39, 0.29) is 12.1 Å². The Morgan fingerprint density at radius 1 is 1.32 bits per heavy atom. The molecule has 1 atom stereocenters. The molecule has 1 aliphatic rings. The fourth-order valence-electron chi connectivity index (χ4n) is 2.93. The highest BCUT2D eigenvalue weighted by Gasteiger charge is 2.30. The number of ether oxygens (including phenoxy) is 2. The van der Waals surface area contributed by atoms with Crippen LogP contribution in [0.25, 0.3) is 0 Å². The Morgan fingerprint density at radius 2 is 2.04 bits per heavy atom. The number of hydrogen-bond acceptors (Lipinski definition) is 4. The summed E-state index contributed by atoms with van der Waals surface area (Å²) in [5.74, 6) is 0.909. The van der Waals surface area contributed by atoms with Gasteiger partial charge in [0.25, 0.3) is 0 Å². The van der Waals surface area contributed by atoms with Gasteiger partial charge in [0.2, 0.25) is 0 Å². The molecule has 5 nitrogen and oxygen atoms in total. The zero-order chi connectivity index (χ0) is 18.6. The van der Waals surface area contributed by atoms with Crippen LogP contribution in [0.1, 0.15) is 40.2 Å². The Kier molecular flexibility index (Phi) is 6.74. The van der Waals surface area contributed by atoms with Gasteiger partial charge in [-0.25, -0.2) is 4.79 Å². The first-order valence-corrected chi connectivity index (χ1v) is 9.62. The molecule has 0 unspecified atom stereocenters. The zero-order valence-corrected chi connectivity index (χ0v) is 17.4. The number of rotatable bonds is 4. The fourth-order valence-corrected chi connectivity index (χ4v) is 3.45. The minimum absolute atomic E-state index is 0.225. The van der Waals surface area contributed by atoms with E-state index in [2.05, 4.69) is 33.8 Å². The molecule has 140 valence electrons. The van der Waals surface area contributed by atoms with E-state index in [0.29, 0.717) is 19.7 Å². The van der Waals surface area contributed by atoms with E-state index < -0.39 is 5.60 Å². The molecule has 1 saturated heterocycles. The van der Waals surface area contributed by atoms with Gasteiger partial charge in [-0.3, -0.25) is 4.90 Å². The lowest BCUT2D eigenvalue weighted by molar-refractivity contribution is 0.00449. The van der Waals surface area contributed by atoms with Crippen molar-refractivity contribution in [2.24, 2.45) is 0 Å². The lowest BCUT2D eigenvalue weighted by Crippen LogP contribution is -2.54. The molecule has 1 aromatic carbocycles. The first kappa shape index (κ1) is 20.0. The molecule has 0 aliphatic carbocycles. The van der Waals surface area contributed by atoms with Gasteiger partial charge in [0, 0.05) is 37.8 Å². The third-order valence-corrected chi connectivity index (χ3v) is 4.75.